The van der Waals surface area contributed by atoms with E-state index in [1.807, 2.05) is 6.92 Å². The smallest absolute Gasteiger partial charge is 0.326 e. The van der Waals surface area contributed by atoms with Gasteiger partial charge in [0.25, 0.3) is 0 Å². The second kappa shape index (κ2) is 7.07. The average Bonchev–Trinajstić information content (AvgIpc) is 2.38. The Bertz CT molecular complexity index is 506. The van der Waals surface area contributed by atoms with Crippen molar-refractivity contribution < 1.29 is 14.7 Å². The third-order valence-electron chi connectivity index (χ3n) is 2.47. The van der Waals surface area contributed by atoms with Crippen molar-refractivity contribution in [2.24, 2.45) is 0 Å². The number of carboxylic acid groups (broad SMARTS) is 1. The van der Waals surface area contributed by atoms with Gasteiger partial charge in [-0.2, -0.15) is 0 Å². The van der Waals surface area contributed by atoms with Gasteiger partial charge >= 0.3 is 12.0 Å². The highest BCUT2D eigenvalue weighted by atomic mass is 16.4. The first-order chi connectivity index (χ1) is 9.06. The molecule has 0 aliphatic rings. The molecule has 3 N–H and O–H groups in total. The number of aliphatic carboxylic acids is 1. The van der Waals surface area contributed by atoms with Crippen LogP contribution in [-0.2, 0) is 4.79 Å². The predicted molar refractivity (Wildman–Crippen MR) is 72.9 cm³/mol. The predicted octanol–water partition coefficient (Wildman–Crippen LogP) is 2.04. The van der Waals surface area contributed by atoms with Crippen LogP contribution in [0.3, 0.4) is 0 Å². The summed E-state index contributed by atoms with van der Waals surface area (Å²) in [4.78, 5) is 22.6. The summed E-state index contributed by atoms with van der Waals surface area (Å²) in [5.41, 5.74) is 1.16. The van der Waals surface area contributed by atoms with Gasteiger partial charge in [0.05, 0.1) is 0 Å². The van der Waals surface area contributed by atoms with E-state index in [2.05, 4.69) is 16.6 Å². The van der Waals surface area contributed by atoms with E-state index in [4.69, 9.17) is 11.5 Å². The third-order valence-corrected chi connectivity index (χ3v) is 2.47. The summed E-state index contributed by atoms with van der Waals surface area (Å²) in [5, 5.41) is 13.9. The van der Waals surface area contributed by atoms with Crippen LogP contribution in [0.2, 0.25) is 0 Å². The highest BCUT2D eigenvalue weighted by Crippen LogP contribution is 2.09. The van der Waals surface area contributed by atoms with Crippen LogP contribution in [0.15, 0.2) is 24.3 Å². The Balaban J connectivity index is 2.63. The van der Waals surface area contributed by atoms with E-state index in [0.717, 1.165) is 0 Å². The fraction of sp³-hybridized carbons (Fsp3) is 0.286. The van der Waals surface area contributed by atoms with Gasteiger partial charge in [-0.1, -0.05) is 25.3 Å². The lowest BCUT2D eigenvalue weighted by Gasteiger charge is -2.14. The Morgan fingerprint density at radius 3 is 2.79 bits per heavy atom. The van der Waals surface area contributed by atoms with E-state index in [1.54, 1.807) is 24.3 Å². The van der Waals surface area contributed by atoms with Crippen LogP contribution in [0.5, 0.6) is 0 Å². The van der Waals surface area contributed by atoms with Gasteiger partial charge in [0, 0.05) is 11.3 Å². The zero-order chi connectivity index (χ0) is 14.3. The van der Waals surface area contributed by atoms with Crippen LogP contribution in [-0.4, -0.2) is 23.1 Å². The fourth-order valence-electron chi connectivity index (χ4n) is 1.56. The zero-order valence-electron chi connectivity index (χ0n) is 10.6. The molecule has 0 saturated carbocycles. The molecule has 0 spiro atoms. The lowest BCUT2D eigenvalue weighted by molar-refractivity contribution is -0.139. The maximum atomic E-state index is 11.7. The highest BCUT2D eigenvalue weighted by Gasteiger charge is 2.18. The van der Waals surface area contributed by atoms with E-state index < -0.39 is 18.0 Å². The summed E-state index contributed by atoms with van der Waals surface area (Å²) in [6, 6.07) is 5.31. The molecule has 0 aromatic heterocycles. The van der Waals surface area contributed by atoms with Crippen LogP contribution in [0.4, 0.5) is 10.5 Å². The number of amides is 2. The van der Waals surface area contributed by atoms with Gasteiger partial charge in [-0.3, -0.25) is 0 Å². The van der Waals surface area contributed by atoms with Crippen LogP contribution in [0, 0.1) is 12.3 Å². The molecule has 5 nitrogen and oxygen atoms in total. The molecule has 0 aliphatic carbocycles. The first kappa shape index (κ1) is 14.6. The molecule has 1 unspecified atom stereocenters. The number of rotatable bonds is 5. The third kappa shape index (κ3) is 4.72. The molecule has 0 bridgehead atoms. The summed E-state index contributed by atoms with van der Waals surface area (Å²) in [6.07, 6.45) is 6.31. The quantitative estimate of drug-likeness (QED) is 0.709. The number of hydrogen-bond donors (Lipinski definition) is 3. The molecule has 0 heterocycles. The molecule has 0 radical (unpaired) electrons. The molecular formula is C14H16N2O3. The van der Waals surface area contributed by atoms with Crippen LogP contribution >= 0.6 is 0 Å². The van der Waals surface area contributed by atoms with Crippen molar-refractivity contribution in [2.75, 3.05) is 5.32 Å². The average molecular weight is 260 g/mol. The summed E-state index contributed by atoms with van der Waals surface area (Å²) < 4.78 is 0. The zero-order valence-corrected chi connectivity index (χ0v) is 10.6. The Labute approximate surface area is 112 Å². The number of carbonyl (C=O) groups excluding carboxylic acids is 1. The van der Waals surface area contributed by atoms with Gasteiger partial charge in [0.1, 0.15) is 6.04 Å². The van der Waals surface area contributed by atoms with Crippen LogP contribution < -0.4 is 10.6 Å². The molecule has 0 fully saturated rings. The molecule has 5 heteroatoms. The van der Waals surface area contributed by atoms with Crippen LogP contribution in [0.25, 0.3) is 0 Å². The number of carbonyl (C=O) groups is 2. The van der Waals surface area contributed by atoms with Crippen molar-refractivity contribution in [1.82, 2.24) is 5.32 Å². The van der Waals surface area contributed by atoms with Gasteiger partial charge in [-0.05, 0) is 24.6 Å². The second-order valence-electron chi connectivity index (χ2n) is 4.00. The van der Waals surface area contributed by atoms with Gasteiger partial charge in [-0.15, -0.1) is 6.42 Å². The first-order valence-corrected chi connectivity index (χ1v) is 5.93. The number of nitrogens with one attached hydrogen (secondary N) is 2. The van der Waals surface area contributed by atoms with E-state index in [1.165, 1.54) is 0 Å². The van der Waals surface area contributed by atoms with E-state index in [0.29, 0.717) is 24.1 Å². The van der Waals surface area contributed by atoms with Gasteiger partial charge in [0.15, 0.2) is 0 Å². The van der Waals surface area contributed by atoms with Crippen LogP contribution in [0.1, 0.15) is 25.3 Å². The summed E-state index contributed by atoms with van der Waals surface area (Å²) >= 11 is 0. The molecule has 2 amide bonds. The van der Waals surface area contributed by atoms with E-state index in [9.17, 15) is 9.59 Å². The minimum absolute atomic E-state index is 0.382. The standard InChI is InChI=1S/C14H16N2O3/c1-3-6-12(13(17)18)16-14(19)15-11-8-5-7-10(4-2)9-11/h2,5,7-9,12H,3,6H2,1H3,(H,17,18)(H2,15,16,19). The molecule has 1 aromatic carbocycles. The van der Waals surface area contributed by atoms with Gasteiger partial charge in [0.2, 0.25) is 0 Å². The molecule has 1 rings (SSSR count). The number of urea groups is 1. The van der Waals surface area contributed by atoms with Crippen molar-refractivity contribution in [3.63, 3.8) is 0 Å². The maximum absolute atomic E-state index is 11.7. The number of hydrogen-bond acceptors (Lipinski definition) is 2. The topological polar surface area (TPSA) is 78.4 Å². The maximum Gasteiger partial charge on any atom is 0.326 e. The van der Waals surface area contributed by atoms with Gasteiger partial charge in [-0.25, -0.2) is 9.59 Å². The van der Waals surface area contributed by atoms with E-state index >= 15 is 0 Å². The van der Waals surface area contributed by atoms with Crippen molar-refractivity contribution >= 4 is 17.7 Å². The molecule has 0 aliphatic heterocycles. The largest absolute Gasteiger partial charge is 0.480 e. The molecule has 1 atom stereocenters. The Kier molecular flexibility index (Phi) is 5.42. The summed E-state index contributed by atoms with van der Waals surface area (Å²) in [6.45, 7) is 1.85. The van der Waals surface area contributed by atoms with Crippen molar-refractivity contribution in [3.8, 4) is 12.3 Å². The Hall–Kier alpha value is -2.48. The van der Waals surface area contributed by atoms with Crippen molar-refractivity contribution in [2.45, 2.75) is 25.8 Å². The van der Waals surface area contributed by atoms with Crippen molar-refractivity contribution in [3.05, 3.63) is 29.8 Å². The molecule has 19 heavy (non-hydrogen) atoms. The second-order valence-corrected chi connectivity index (χ2v) is 4.00. The molecular weight excluding hydrogens is 244 g/mol. The number of terminal acetylenes is 1. The minimum Gasteiger partial charge on any atom is -0.480 e. The SMILES string of the molecule is C#Cc1cccc(NC(=O)NC(CCC)C(=O)O)c1. The summed E-state index contributed by atoms with van der Waals surface area (Å²) in [7, 11) is 0. The number of anilines is 1. The highest BCUT2D eigenvalue weighted by molar-refractivity contribution is 5.92. The lowest BCUT2D eigenvalue weighted by atomic mass is 10.2. The lowest BCUT2D eigenvalue weighted by Crippen LogP contribution is -2.42. The summed E-state index contributed by atoms with van der Waals surface area (Å²) in [5.74, 6) is 1.41. The minimum atomic E-state index is -1.05. The first-order valence-electron chi connectivity index (χ1n) is 5.93. The van der Waals surface area contributed by atoms with E-state index in [-0.39, 0.29) is 0 Å². The monoisotopic (exact) mass is 260 g/mol. The Morgan fingerprint density at radius 2 is 2.21 bits per heavy atom. The fourth-order valence-corrected chi connectivity index (χ4v) is 1.56. The normalized spacial score (nSPS) is 11.2. The number of carboxylic acids is 1. The van der Waals surface area contributed by atoms with Crippen molar-refractivity contribution in [1.29, 1.82) is 0 Å². The molecule has 0 saturated heterocycles. The molecule has 1 aromatic rings. The number of benzene rings is 1. The Morgan fingerprint density at radius 1 is 1.47 bits per heavy atom. The molecule has 100 valence electrons. The van der Waals surface area contributed by atoms with Gasteiger partial charge < -0.3 is 15.7 Å².